The van der Waals surface area contributed by atoms with Crippen LogP contribution < -0.4 is 26.5 Å². The van der Waals surface area contributed by atoms with Gasteiger partial charge in [0.15, 0.2) is 7.41 Å². The van der Waals surface area contributed by atoms with Crippen LogP contribution in [0.2, 0.25) is 0 Å². The van der Waals surface area contributed by atoms with E-state index in [2.05, 4.69) is 47.0 Å². The van der Waals surface area contributed by atoms with Crippen LogP contribution in [0.5, 0.6) is 0 Å². The Hall–Kier alpha value is -1.95. The van der Waals surface area contributed by atoms with Crippen LogP contribution in [0.1, 0.15) is 6.92 Å². The van der Waals surface area contributed by atoms with Crippen molar-refractivity contribution in [2.75, 3.05) is 6.61 Å². The van der Waals surface area contributed by atoms with Gasteiger partial charge in [-0.3, -0.25) is 0 Å². The lowest BCUT2D eigenvalue weighted by Gasteiger charge is -2.27. The Morgan fingerprint density at radius 1 is 0.778 bits per heavy atom. The summed E-state index contributed by atoms with van der Waals surface area (Å²) >= 11 is 0. The molecule has 3 aromatic carbocycles. The van der Waals surface area contributed by atoms with E-state index in [0.717, 1.165) is 15.9 Å². The summed E-state index contributed by atoms with van der Waals surface area (Å²) in [5, 5.41) is 6.71. The Morgan fingerprint density at radius 3 is 1.48 bits per heavy atom. The molecule has 27 heavy (non-hydrogen) atoms. The molecule has 0 saturated carbocycles. The third kappa shape index (κ3) is 4.86. The van der Waals surface area contributed by atoms with Gasteiger partial charge in [0, 0.05) is 0 Å². The first-order chi connectivity index (χ1) is 12.8. The van der Waals surface area contributed by atoms with Crippen LogP contribution in [0.25, 0.3) is 0 Å². The third-order valence-corrected chi connectivity index (χ3v) is 7.70. The van der Waals surface area contributed by atoms with Crippen LogP contribution in [0, 0.1) is 0 Å². The molecule has 0 heterocycles. The Labute approximate surface area is 177 Å². The lowest BCUT2D eigenvalue weighted by atomic mass is 10.4. The molecule has 0 spiro atoms. The number of carbonyl (C=O) groups is 1. The number of carbonyl (C=O) groups excluding carboxylic acids is 1. The average Bonchev–Trinajstić information content (AvgIpc) is 2.71. The van der Waals surface area contributed by atoms with Crippen LogP contribution >= 0.6 is 31.4 Å². The fourth-order valence-electron chi connectivity index (χ4n) is 2.89. The summed E-state index contributed by atoms with van der Waals surface area (Å²) in [5.74, 6) is 0. The zero-order valence-electron chi connectivity index (χ0n) is 15.0. The second kappa shape index (κ2) is 10.4. The molecule has 0 unspecified atom stereocenters. The average molecular weight is 493 g/mol. The van der Waals surface area contributed by atoms with Crippen molar-refractivity contribution >= 4 is 53.4 Å². The molecule has 0 saturated heterocycles. The second-order valence-electron chi connectivity index (χ2n) is 5.63. The van der Waals surface area contributed by atoms with Gasteiger partial charge < -0.3 is 4.74 Å². The summed E-state index contributed by atoms with van der Waals surface area (Å²) in [6, 6.07) is 30.6. The van der Waals surface area contributed by atoms with Gasteiger partial charge in [-0.25, -0.2) is 10.2 Å². The highest BCUT2D eigenvalue weighted by molar-refractivity contribution is 14.0. The molecule has 6 heteroatoms. The minimum Gasteiger partial charge on any atom is -0.449 e. The van der Waals surface area contributed by atoms with Gasteiger partial charge in [0.25, 0.3) is 0 Å². The Kier molecular flexibility index (Phi) is 8.23. The van der Waals surface area contributed by atoms with Gasteiger partial charge >= 0.3 is 6.09 Å². The normalized spacial score (nSPS) is 10.6. The number of hydrazine groups is 1. The van der Waals surface area contributed by atoms with Crippen molar-refractivity contribution in [3.8, 4) is 0 Å². The summed E-state index contributed by atoms with van der Waals surface area (Å²) in [4.78, 5) is 12.0. The van der Waals surface area contributed by atoms with Crippen molar-refractivity contribution in [3.63, 3.8) is 0 Å². The molecule has 0 bridgehead atoms. The van der Waals surface area contributed by atoms with Gasteiger partial charge in [-0.15, -0.1) is 24.0 Å². The van der Waals surface area contributed by atoms with Crippen LogP contribution in [0.15, 0.2) is 91.0 Å². The number of amides is 1. The molecule has 1 amide bonds. The molecule has 0 aromatic heterocycles. The molecular weight excluding hydrogens is 470 g/mol. The van der Waals surface area contributed by atoms with E-state index in [1.807, 2.05) is 54.6 Å². The molecule has 4 nitrogen and oxygen atoms in total. The number of ether oxygens (including phenoxy) is 1. The highest BCUT2D eigenvalue weighted by Crippen LogP contribution is 2.50. The Morgan fingerprint density at radius 2 is 1.15 bits per heavy atom. The first-order valence-corrected chi connectivity index (χ1v) is 10.3. The minimum absolute atomic E-state index is 0. The van der Waals surface area contributed by atoms with E-state index in [4.69, 9.17) is 4.74 Å². The largest absolute Gasteiger partial charge is 0.449 e. The van der Waals surface area contributed by atoms with Crippen molar-refractivity contribution in [3.05, 3.63) is 91.0 Å². The number of rotatable bonds is 6. The standard InChI is InChI=1S/C21H21N2O2P.HI/c1-2-25-21(24)22-23-26(18-12-6-3-7-13-18,19-14-8-4-9-15-19)20-16-10-5-11-17-20;/h3-17,23H,2H2,1H3;1H/p+1. The van der Waals surface area contributed by atoms with Crippen LogP contribution in [0.4, 0.5) is 4.79 Å². The van der Waals surface area contributed by atoms with Gasteiger partial charge in [0.05, 0.1) is 6.61 Å². The van der Waals surface area contributed by atoms with Gasteiger partial charge in [-0.2, -0.15) is 0 Å². The van der Waals surface area contributed by atoms with Crippen LogP contribution in [-0.2, 0) is 4.74 Å². The summed E-state index contributed by atoms with van der Waals surface area (Å²) in [5.41, 5.74) is 2.76. The van der Waals surface area contributed by atoms with E-state index in [-0.39, 0.29) is 24.0 Å². The molecule has 0 fully saturated rings. The zero-order valence-corrected chi connectivity index (χ0v) is 18.3. The zero-order chi connectivity index (χ0) is 18.2. The smallest absolute Gasteiger partial charge is 0.424 e. The lowest BCUT2D eigenvalue weighted by Crippen LogP contribution is -2.48. The minimum atomic E-state index is -2.29. The van der Waals surface area contributed by atoms with E-state index in [9.17, 15) is 4.79 Å². The Balaban J connectivity index is 0.00000261. The lowest BCUT2D eigenvalue weighted by molar-refractivity contribution is 0.150. The van der Waals surface area contributed by atoms with Crippen LogP contribution in [-0.4, -0.2) is 12.7 Å². The highest BCUT2D eigenvalue weighted by Gasteiger charge is 2.46. The molecule has 140 valence electrons. The summed E-state index contributed by atoms with van der Waals surface area (Å²) in [6.45, 7) is 2.11. The maximum absolute atomic E-state index is 12.0. The second-order valence-corrected chi connectivity index (χ2v) is 8.75. The first kappa shape index (κ1) is 21.4. The van der Waals surface area contributed by atoms with Crippen molar-refractivity contribution in [2.45, 2.75) is 6.92 Å². The molecule has 3 rings (SSSR count). The van der Waals surface area contributed by atoms with Crippen molar-refractivity contribution in [1.29, 1.82) is 0 Å². The summed E-state index contributed by atoms with van der Waals surface area (Å²) in [7, 11) is -2.29. The van der Waals surface area contributed by atoms with Gasteiger partial charge in [-0.1, -0.05) is 59.8 Å². The number of nitrogens with one attached hydrogen (secondary N) is 2. The Bertz CT molecular complexity index is 736. The first-order valence-electron chi connectivity index (χ1n) is 8.53. The van der Waals surface area contributed by atoms with Gasteiger partial charge in [-0.05, 0) is 43.3 Å². The third-order valence-electron chi connectivity index (χ3n) is 4.03. The number of benzene rings is 3. The molecular formula is C21H23IN2O2P+. The molecule has 3 aromatic rings. The SMILES string of the molecule is CCOC(=O)NN[P+](c1ccccc1)(c1ccccc1)c1ccccc1.I. The van der Waals surface area contributed by atoms with Crippen molar-refractivity contribution in [1.82, 2.24) is 10.6 Å². The van der Waals surface area contributed by atoms with E-state index in [0.29, 0.717) is 6.61 Å². The monoisotopic (exact) mass is 493 g/mol. The maximum Gasteiger partial charge on any atom is 0.424 e. The number of hydrogen-bond donors (Lipinski definition) is 2. The fraction of sp³-hybridized carbons (Fsp3) is 0.0952. The van der Waals surface area contributed by atoms with Crippen molar-refractivity contribution < 1.29 is 9.53 Å². The maximum atomic E-state index is 12.0. The molecule has 0 radical (unpaired) electrons. The quantitative estimate of drug-likeness (QED) is 0.313. The molecule has 0 aliphatic rings. The van der Waals surface area contributed by atoms with E-state index < -0.39 is 13.5 Å². The van der Waals surface area contributed by atoms with Crippen LogP contribution in [0.3, 0.4) is 0 Å². The predicted molar refractivity (Wildman–Crippen MR) is 124 cm³/mol. The number of halogens is 1. The van der Waals surface area contributed by atoms with Gasteiger partial charge in [0.2, 0.25) is 0 Å². The molecule has 0 aliphatic carbocycles. The van der Waals surface area contributed by atoms with E-state index in [1.165, 1.54) is 0 Å². The summed E-state index contributed by atoms with van der Waals surface area (Å²) < 4.78 is 5.05. The van der Waals surface area contributed by atoms with E-state index in [1.54, 1.807) is 6.92 Å². The van der Waals surface area contributed by atoms with E-state index >= 15 is 0 Å². The fourth-order valence-corrected chi connectivity index (χ4v) is 6.29. The highest BCUT2D eigenvalue weighted by atomic mass is 127. The predicted octanol–water partition coefficient (Wildman–Crippen LogP) is 3.76. The molecule has 0 aliphatic heterocycles. The number of hydrogen-bond acceptors (Lipinski definition) is 3. The van der Waals surface area contributed by atoms with Crippen molar-refractivity contribution in [2.24, 2.45) is 0 Å². The molecule has 2 N–H and O–H groups in total. The topological polar surface area (TPSA) is 50.4 Å². The van der Waals surface area contributed by atoms with Gasteiger partial charge in [0.1, 0.15) is 15.9 Å². The molecule has 0 atom stereocenters. The summed E-state index contributed by atoms with van der Waals surface area (Å²) in [6.07, 6.45) is -0.486.